The van der Waals surface area contributed by atoms with Crippen molar-refractivity contribution >= 4 is 5.71 Å². The zero-order valence-electron chi connectivity index (χ0n) is 18.2. The van der Waals surface area contributed by atoms with Crippen LogP contribution in [0.4, 0.5) is 0 Å². The minimum Gasteiger partial charge on any atom is -0.312 e. The van der Waals surface area contributed by atoms with E-state index in [2.05, 4.69) is 64.0 Å². The lowest BCUT2D eigenvalue weighted by atomic mass is 9.83. The molecular formula is C23H43N3. The number of allylic oxidation sites excluding steroid dienone is 1. The van der Waals surface area contributed by atoms with E-state index in [0.29, 0.717) is 17.5 Å². The van der Waals surface area contributed by atoms with Crippen LogP contribution in [0, 0.1) is 17.8 Å². The van der Waals surface area contributed by atoms with Crippen molar-refractivity contribution in [3.05, 3.63) is 12.2 Å². The third-order valence-electron chi connectivity index (χ3n) is 7.02. The normalized spacial score (nSPS) is 35.9. The largest absolute Gasteiger partial charge is 0.312 e. The monoisotopic (exact) mass is 361 g/mol. The Bertz CT molecular complexity index is 484. The molecular weight excluding hydrogens is 318 g/mol. The van der Waals surface area contributed by atoms with Crippen LogP contribution in [0.5, 0.6) is 0 Å². The van der Waals surface area contributed by atoms with E-state index in [9.17, 15) is 0 Å². The highest BCUT2D eigenvalue weighted by molar-refractivity contribution is 5.87. The van der Waals surface area contributed by atoms with E-state index in [1.807, 2.05) is 0 Å². The number of nitrogens with one attached hydrogen (secondary N) is 1. The zero-order valence-corrected chi connectivity index (χ0v) is 18.2. The first-order valence-electron chi connectivity index (χ1n) is 11.0. The molecule has 5 unspecified atom stereocenters. The Morgan fingerprint density at radius 1 is 1.31 bits per heavy atom. The number of likely N-dealkylation sites (N-methyl/N-ethyl adjacent to an activating group) is 1. The SMILES string of the molecule is CC=CCN=C(CC)C1C(C)CCC1CN(C)C1(C)CNC(CCC)C1. The Labute approximate surface area is 162 Å². The zero-order chi connectivity index (χ0) is 19.2. The molecule has 1 heterocycles. The summed E-state index contributed by atoms with van der Waals surface area (Å²) < 4.78 is 0. The van der Waals surface area contributed by atoms with Gasteiger partial charge >= 0.3 is 0 Å². The molecule has 1 aliphatic heterocycles. The standard InChI is InChI=1S/C23H43N3/c1-7-10-14-24-21(9-3)22-18(4)12-13-19(22)16-26(6)23(5)15-20(11-8-2)25-17-23/h7,10,18-20,22,25H,8-9,11-17H2,1-6H3. The number of hydrogen-bond acceptors (Lipinski definition) is 3. The van der Waals surface area contributed by atoms with E-state index >= 15 is 0 Å². The van der Waals surface area contributed by atoms with Gasteiger partial charge in [0.2, 0.25) is 0 Å². The summed E-state index contributed by atoms with van der Waals surface area (Å²) >= 11 is 0. The molecule has 150 valence electrons. The Morgan fingerprint density at radius 2 is 2.08 bits per heavy atom. The molecule has 3 heteroatoms. The molecule has 0 amide bonds. The molecule has 1 N–H and O–H groups in total. The first-order valence-corrected chi connectivity index (χ1v) is 11.0. The second kappa shape index (κ2) is 10.0. The molecule has 0 radical (unpaired) electrons. The summed E-state index contributed by atoms with van der Waals surface area (Å²) in [6.07, 6.45) is 12.0. The van der Waals surface area contributed by atoms with Gasteiger partial charge < -0.3 is 5.32 Å². The van der Waals surface area contributed by atoms with E-state index in [1.165, 1.54) is 44.4 Å². The number of aliphatic imine (C=N–C) groups is 1. The van der Waals surface area contributed by atoms with Gasteiger partial charge in [0.25, 0.3) is 0 Å². The number of nitrogens with zero attached hydrogens (tertiary/aromatic N) is 2. The molecule has 1 aliphatic carbocycles. The summed E-state index contributed by atoms with van der Waals surface area (Å²) in [5.74, 6) is 2.22. The second-order valence-electron chi connectivity index (χ2n) is 9.04. The molecule has 0 aromatic rings. The lowest BCUT2D eigenvalue weighted by Gasteiger charge is -2.38. The van der Waals surface area contributed by atoms with Crippen LogP contribution in [-0.2, 0) is 0 Å². The first kappa shape index (κ1) is 21.6. The van der Waals surface area contributed by atoms with E-state index in [0.717, 1.165) is 31.3 Å². The summed E-state index contributed by atoms with van der Waals surface area (Å²) in [4.78, 5) is 7.64. The molecule has 0 aromatic carbocycles. The van der Waals surface area contributed by atoms with E-state index in [1.54, 1.807) is 0 Å². The minimum atomic E-state index is 0.310. The summed E-state index contributed by atoms with van der Waals surface area (Å²) in [5, 5.41) is 3.77. The lowest BCUT2D eigenvalue weighted by molar-refractivity contribution is 0.123. The predicted octanol–water partition coefficient (Wildman–Crippen LogP) is 4.93. The minimum absolute atomic E-state index is 0.310. The smallest absolute Gasteiger partial charge is 0.0569 e. The van der Waals surface area contributed by atoms with E-state index in [4.69, 9.17) is 4.99 Å². The molecule has 5 atom stereocenters. The molecule has 1 saturated heterocycles. The van der Waals surface area contributed by atoms with Gasteiger partial charge in [0.05, 0.1) is 6.54 Å². The van der Waals surface area contributed by atoms with Gasteiger partial charge in [-0.2, -0.15) is 0 Å². The molecule has 3 nitrogen and oxygen atoms in total. The van der Waals surface area contributed by atoms with Gasteiger partial charge in [0.1, 0.15) is 0 Å². The Morgan fingerprint density at radius 3 is 2.73 bits per heavy atom. The highest BCUT2D eigenvalue weighted by Gasteiger charge is 2.42. The summed E-state index contributed by atoms with van der Waals surface area (Å²) in [5.41, 5.74) is 1.77. The van der Waals surface area contributed by atoms with Crippen molar-refractivity contribution in [1.29, 1.82) is 0 Å². The quantitative estimate of drug-likeness (QED) is 0.466. The fourth-order valence-corrected chi connectivity index (χ4v) is 5.29. The van der Waals surface area contributed by atoms with E-state index < -0.39 is 0 Å². The van der Waals surface area contributed by atoms with Crippen LogP contribution >= 0.6 is 0 Å². The van der Waals surface area contributed by atoms with Crippen molar-refractivity contribution in [2.24, 2.45) is 22.7 Å². The fraction of sp³-hybridized carbons (Fsp3) is 0.870. The van der Waals surface area contributed by atoms with Crippen LogP contribution in [0.15, 0.2) is 17.1 Å². The average molecular weight is 362 g/mol. The summed E-state index contributed by atoms with van der Waals surface area (Å²) in [6, 6.07) is 0.708. The molecule has 0 spiro atoms. The fourth-order valence-electron chi connectivity index (χ4n) is 5.29. The van der Waals surface area contributed by atoms with Crippen molar-refractivity contribution in [1.82, 2.24) is 10.2 Å². The summed E-state index contributed by atoms with van der Waals surface area (Å²) in [7, 11) is 2.36. The first-order chi connectivity index (χ1) is 12.4. The van der Waals surface area contributed by atoms with Crippen molar-refractivity contribution in [3.63, 3.8) is 0 Å². The highest BCUT2D eigenvalue weighted by Crippen LogP contribution is 2.40. The molecule has 0 aromatic heterocycles. The van der Waals surface area contributed by atoms with Crippen LogP contribution in [0.25, 0.3) is 0 Å². The van der Waals surface area contributed by atoms with Gasteiger partial charge in [-0.3, -0.25) is 9.89 Å². The number of hydrogen-bond donors (Lipinski definition) is 1. The van der Waals surface area contributed by atoms with Crippen LogP contribution in [-0.4, -0.2) is 48.9 Å². The maximum Gasteiger partial charge on any atom is 0.0569 e. The Hall–Kier alpha value is -0.670. The molecule has 2 aliphatic rings. The number of rotatable bonds is 9. The van der Waals surface area contributed by atoms with Crippen LogP contribution < -0.4 is 5.32 Å². The van der Waals surface area contributed by atoms with Gasteiger partial charge in [0, 0.05) is 36.3 Å². The predicted molar refractivity (Wildman–Crippen MR) is 115 cm³/mol. The van der Waals surface area contributed by atoms with Gasteiger partial charge in [-0.25, -0.2) is 0 Å². The van der Waals surface area contributed by atoms with Gasteiger partial charge in [-0.15, -0.1) is 0 Å². The van der Waals surface area contributed by atoms with Crippen molar-refractivity contribution in [2.75, 3.05) is 26.7 Å². The lowest BCUT2D eigenvalue weighted by Crippen LogP contribution is -2.48. The Kier molecular flexibility index (Phi) is 8.35. The maximum absolute atomic E-state index is 4.97. The second-order valence-corrected chi connectivity index (χ2v) is 9.04. The third kappa shape index (κ3) is 5.19. The molecule has 26 heavy (non-hydrogen) atoms. The highest BCUT2D eigenvalue weighted by atomic mass is 15.2. The molecule has 1 saturated carbocycles. The third-order valence-corrected chi connectivity index (χ3v) is 7.02. The molecule has 0 bridgehead atoms. The van der Waals surface area contributed by atoms with Gasteiger partial charge in [0.15, 0.2) is 0 Å². The van der Waals surface area contributed by atoms with Crippen molar-refractivity contribution < 1.29 is 0 Å². The van der Waals surface area contributed by atoms with E-state index in [-0.39, 0.29) is 0 Å². The maximum atomic E-state index is 4.97. The van der Waals surface area contributed by atoms with Gasteiger partial charge in [-0.1, -0.05) is 39.3 Å². The van der Waals surface area contributed by atoms with Crippen LogP contribution in [0.3, 0.4) is 0 Å². The van der Waals surface area contributed by atoms with Gasteiger partial charge in [-0.05, 0) is 64.8 Å². The Balaban J connectivity index is 2.03. The van der Waals surface area contributed by atoms with Crippen molar-refractivity contribution in [2.45, 2.75) is 84.7 Å². The van der Waals surface area contributed by atoms with Crippen LogP contribution in [0.1, 0.15) is 73.1 Å². The summed E-state index contributed by atoms with van der Waals surface area (Å²) in [6.45, 7) is 14.8. The topological polar surface area (TPSA) is 27.6 Å². The molecule has 2 fully saturated rings. The molecule has 2 rings (SSSR count). The van der Waals surface area contributed by atoms with Crippen LogP contribution in [0.2, 0.25) is 0 Å². The van der Waals surface area contributed by atoms with Crippen molar-refractivity contribution in [3.8, 4) is 0 Å². The average Bonchev–Trinajstić information content (AvgIpc) is 3.17.